The Morgan fingerprint density at radius 2 is 0.877 bits per heavy atom. The Morgan fingerprint density at radius 3 is 1.61 bits per heavy atom. The van der Waals surface area contributed by atoms with Gasteiger partial charge in [-0.2, -0.15) is 0 Å². The molecule has 0 amide bonds. The molecule has 0 saturated carbocycles. The van der Waals surface area contributed by atoms with Crippen LogP contribution in [0.5, 0.6) is 0 Å². The van der Waals surface area contributed by atoms with Crippen molar-refractivity contribution in [2.75, 3.05) is 0 Å². The molecule has 0 unspecified atom stereocenters. The predicted octanol–water partition coefficient (Wildman–Crippen LogP) is 14.0. The topological polar surface area (TPSA) is 57.0 Å². The average Bonchev–Trinajstić information content (AvgIpc) is 3.92. The SMILES string of the molecule is c1ccc2c(c1)-c1cc(-c3cc(-c4ccc5oc6ccccc6c5c4)nc(-c4ccc5oc6ccccc6c5c4)n3)ccc1-n1c3ccccc3c3cccc-2c31. The molecule has 4 aromatic heterocycles. The van der Waals surface area contributed by atoms with Gasteiger partial charge in [0.15, 0.2) is 5.82 Å². The number of nitrogens with zero attached hydrogens (tertiary/aromatic N) is 3. The van der Waals surface area contributed by atoms with Crippen LogP contribution in [-0.2, 0) is 0 Å². The second kappa shape index (κ2) is 11.4. The lowest BCUT2D eigenvalue weighted by Crippen LogP contribution is -1.98. The minimum Gasteiger partial charge on any atom is -0.456 e. The molecule has 8 aromatic carbocycles. The van der Waals surface area contributed by atoms with Gasteiger partial charge < -0.3 is 13.4 Å². The van der Waals surface area contributed by atoms with Gasteiger partial charge in [0.2, 0.25) is 0 Å². The van der Waals surface area contributed by atoms with Crippen LogP contribution in [0.3, 0.4) is 0 Å². The number of para-hydroxylation sites is 4. The van der Waals surface area contributed by atoms with Gasteiger partial charge in [-0.05, 0) is 83.9 Å². The first kappa shape index (κ1) is 30.6. The second-order valence-corrected chi connectivity index (χ2v) is 14.9. The lowest BCUT2D eigenvalue weighted by molar-refractivity contribution is 0.668. The molecule has 5 heteroatoms. The molecule has 0 bridgehead atoms. The van der Waals surface area contributed by atoms with Crippen molar-refractivity contribution in [3.05, 3.63) is 176 Å². The van der Waals surface area contributed by atoms with Gasteiger partial charge in [-0.3, -0.25) is 0 Å². The van der Waals surface area contributed by atoms with E-state index in [1.54, 1.807) is 0 Å². The van der Waals surface area contributed by atoms with E-state index in [0.717, 1.165) is 83.2 Å². The lowest BCUT2D eigenvalue weighted by Gasteiger charge is -2.15. The van der Waals surface area contributed by atoms with Gasteiger partial charge >= 0.3 is 0 Å². The summed E-state index contributed by atoms with van der Waals surface area (Å²) in [5.74, 6) is 0.646. The van der Waals surface area contributed by atoms with Crippen LogP contribution in [0, 0.1) is 0 Å². The van der Waals surface area contributed by atoms with Crippen molar-refractivity contribution in [2.24, 2.45) is 0 Å². The van der Waals surface area contributed by atoms with Gasteiger partial charge in [-0.15, -0.1) is 0 Å². The Kier molecular flexibility index (Phi) is 6.10. The van der Waals surface area contributed by atoms with Crippen LogP contribution in [-0.4, -0.2) is 14.5 Å². The van der Waals surface area contributed by atoms with E-state index < -0.39 is 0 Å². The van der Waals surface area contributed by atoms with Crippen molar-refractivity contribution in [1.29, 1.82) is 0 Å². The van der Waals surface area contributed by atoms with Gasteiger partial charge in [0.25, 0.3) is 0 Å². The van der Waals surface area contributed by atoms with Crippen molar-refractivity contribution < 1.29 is 8.83 Å². The molecular formula is C52H29N3O2. The molecule has 0 saturated heterocycles. The fourth-order valence-corrected chi connectivity index (χ4v) is 9.17. The summed E-state index contributed by atoms with van der Waals surface area (Å²) in [6, 6.07) is 62.1. The smallest absolute Gasteiger partial charge is 0.160 e. The molecule has 5 nitrogen and oxygen atoms in total. The molecule has 264 valence electrons. The van der Waals surface area contributed by atoms with Crippen LogP contribution in [0.4, 0.5) is 0 Å². The highest BCUT2D eigenvalue weighted by Crippen LogP contribution is 2.47. The van der Waals surface area contributed by atoms with E-state index in [1.807, 2.05) is 36.4 Å². The van der Waals surface area contributed by atoms with Gasteiger partial charge in [-0.25, -0.2) is 9.97 Å². The first-order chi connectivity index (χ1) is 28.2. The number of hydrogen-bond acceptors (Lipinski definition) is 4. The highest BCUT2D eigenvalue weighted by Gasteiger charge is 2.25. The molecule has 0 spiro atoms. The summed E-state index contributed by atoms with van der Waals surface area (Å²) in [6.45, 7) is 0. The summed E-state index contributed by atoms with van der Waals surface area (Å²) in [4.78, 5) is 10.6. The zero-order valence-corrected chi connectivity index (χ0v) is 30.4. The van der Waals surface area contributed by atoms with E-state index in [4.69, 9.17) is 18.8 Å². The van der Waals surface area contributed by atoms with Crippen LogP contribution in [0.15, 0.2) is 185 Å². The third-order valence-electron chi connectivity index (χ3n) is 11.8. The van der Waals surface area contributed by atoms with Crippen molar-refractivity contribution in [1.82, 2.24) is 14.5 Å². The quantitative estimate of drug-likeness (QED) is 0.182. The normalized spacial score (nSPS) is 12.2. The first-order valence-electron chi connectivity index (χ1n) is 19.2. The number of rotatable bonds is 3. The average molecular weight is 728 g/mol. The van der Waals surface area contributed by atoms with Crippen molar-refractivity contribution in [3.8, 4) is 61.8 Å². The third-order valence-corrected chi connectivity index (χ3v) is 11.8. The molecule has 1 aliphatic heterocycles. The summed E-state index contributed by atoms with van der Waals surface area (Å²) in [5, 5.41) is 6.75. The molecule has 0 fully saturated rings. The largest absolute Gasteiger partial charge is 0.456 e. The van der Waals surface area contributed by atoms with E-state index in [9.17, 15) is 0 Å². The van der Waals surface area contributed by atoms with Crippen molar-refractivity contribution in [3.63, 3.8) is 0 Å². The fraction of sp³-hybridized carbons (Fsp3) is 0. The minimum atomic E-state index is 0.646. The van der Waals surface area contributed by atoms with E-state index in [0.29, 0.717) is 5.82 Å². The number of fused-ring (bicyclic) bond motifs is 14. The number of benzene rings is 8. The van der Waals surface area contributed by atoms with Crippen LogP contribution in [0.25, 0.3) is 128 Å². The molecule has 0 radical (unpaired) electrons. The maximum atomic E-state index is 6.21. The number of furan rings is 2. The highest BCUT2D eigenvalue weighted by molar-refractivity contribution is 6.16. The zero-order valence-electron chi connectivity index (χ0n) is 30.4. The molecule has 0 N–H and O–H groups in total. The third kappa shape index (κ3) is 4.39. The minimum absolute atomic E-state index is 0.646. The maximum absolute atomic E-state index is 6.21. The summed E-state index contributed by atoms with van der Waals surface area (Å²) in [6.07, 6.45) is 0. The predicted molar refractivity (Wildman–Crippen MR) is 232 cm³/mol. The molecule has 5 heterocycles. The Labute approximate surface area is 325 Å². The maximum Gasteiger partial charge on any atom is 0.160 e. The van der Waals surface area contributed by atoms with Crippen molar-refractivity contribution >= 4 is 65.7 Å². The van der Waals surface area contributed by atoms with E-state index in [1.165, 1.54) is 38.5 Å². The van der Waals surface area contributed by atoms with Gasteiger partial charge in [0.05, 0.1) is 28.1 Å². The van der Waals surface area contributed by atoms with Gasteiger partial charge in [-0.1, -0.05) is 103 Å². The van der Waals surface area contributed by atoms with Gasteiger partial charge in [0.1, 0.15) is 22.3 Å². The summed E-state index contributed by atoms with van der Waals surface area (Å²) in [5.41, 5.74) is 16.4. The number of hydrogen-bond donors (Lipinski definition) is 0. The second-order valence-electron chi connectivity index (χ2n) is 14.9. The Balaban J connectivity index is 1.06. The summed E-state index contributed by atoms with van der Waals surface area (Å²) >= 11 is 0. The molecular weight excluding hydrogens is 699 g/mol. The molecule has 1 aliphatic rings. The lowest BCUT2D eigenvalue weighted by atomic mass is 9.92. The standard InChI is InChI=1S/C52H29N3O2/c1-2-11-34-33(10-1)38-15-9-16-39-35-12-3-6-17-45(35)55(51(38)39)46-23-20-30(26-40(34)46)43-29-44(31-21-24-49-41(27-31)36-13-4-7-18-47(36)56-49)54-52(53-43)32-22-25-50-42(28-32)37-14-5-8-19-48(37)57-50/h1-29H. The molecule has 0 aliphatic carbocycles. The molecule has 13 rings (SSSR count). The van der Waals surface area contributed by atoms with E-state index in [2.05, 4.69) is 144 Å². The van der Waals surface area contributed by atoms with Crippen LogP contribution >= 0.6 is 0 Å². The van der Waals surface area contributed by atoms with Crippen LogP contribution < -0.4 is 0 Å². The summed E-state index contributed by atoms with van der Waals surface area (Å²) < 4.78 is 14.9. The fourth-order valence-electron chi connectivity index (χ4n) is 9.17. The van der Waals surface area contributed by atoms with E-state index >= 15 is 0 Å². The number of aromatic nitrogens is 3. The first-order valence-corrected chi connectivity index (χ1v) is 19.2. The summed E-state index contributed by atoms with van der Waals surface area (Å²) in [7, 11) is 0. The van der Waals surface area contributed by atoms with Crippen LogP contribution in [0.2, 0.25) is 0 Å². The highest BCUT2D eigenvalue weighted by atomic mass is 16.3. The Bertz CT molecular complexity index is 3530. The van der Waals surface area contributed by atoms with E-state index in [-0.39, 0.29) is 0 Å². The Hall–Kier alpha value is -7.76. The monoisotopic (exact) mass is 727 g/mol. The van der Waals surface area contributed by atoms with Crippen molar-refractivity contribution in [2.45, 2.75) is 0 Å². The van der Waals surface area contributed by atoms with Gasteiger partial charge in [0, 0.05) is 60.1 Å². The molecule has 12 aromatic rings. The zero-order chi connectivity index (χ0) is 37.2. The Morgan fingerprint density at radius 1 is 0.351 bits per heavy atom. The molecule has 57 heavy (non-hydrogen) atoms. The molecule has 0 atom stereocenters. The van der Waals surface area contributed by atoms with Crippen LogP contribution in [0.1, 0.15) is 0 Å².